The van der Waals surface area contributed by atoms with Crippen LogP contribution in [0.25, 0.3) is 0 Å². The Hall–Kier alpha value is -0.920. The summed E-state index contributed by atoms with van der Waals surface area (Å²) in [4.78, 5) is 14.2. The van der Waals surface area contributed by atoms with Crippen molar-refractivity contribution in [2.75, 3.05) is 45.7 Å². The summed E-state index contributed by atoms with van der Waals surface area (Å²) < 4.78 is 7.51. The summed E-state index contributed by atoms with van der Waals surface area (Å²) in [6.45, 7) is 5.59. The number of aryl methyl sites for hydroxylation is 1. The minimum atomic E-state index is -0.0954. The van der Waals surface area contributed by atoms with E-state index in [0.29, 0.717) is 36.5 Å². The first-order valence-corrected chi connectivity index (χ1v) is 8.07. The number of hydrogen-bond acceptors (Lipinski definition) is 5. The average molecular weight is 361 g/mol. The molecule has 1 rings (SSSR count). The molecule has 1 aromatic rings. The van der Waals surface area contributed by atoms with Gasteiger partial charge in [0, 0.05) is 19.6 Å². The van der Waals surface area contributed by atoms with Crippen LogP contribution in [-0.2, 0) is 11.3 Å². The van der Waals surface area contributed by atoms with Crippen molar-refractivity contribution in [1.29, 1.82) is 0 Å². The van der Waals surface area contributed by atoms with Gasteiger partial charge in [-0.25, -0.2) is 4.68 Å². The number of nitrogens with zero attached hydrogens (tertiary/aromatic N) is 3. The zero-order valence-electron chi connectivity index (χ0n) is 13.1. The van der Waals surface area contributed by atoms with E-state index < -0.39 is 0 Å². The van der Waals surface area contributed by atoms with Crippen molar-refractivity contribution in [2.45, 2.75) is 26.3 Å². The summed E-state index contributed by atoms with van der Waals surface area (Å²) in [7, 11) is 4.02. The predicted octanol–water partition coefficient (Wildman–Crippen LogP) is 1.80. The lowest BCUT2D eigenvalue weighted by atomic mass is 10.3. The maximum Gasteiger partial charge on any atom is 0.283 e. The highest BCUT2D eigenvalue weighted by Gasteiger charge is 2.07. The maximum atomic E-state index is 12.1. The SMILES string of the molecule is CCCCn1ncc(NCCOCCN(C)C)c(Br)c1=O. The van der Waals surface area contributed by atoms with Crippen molar-refractivity contribution in [1.82, 2.24) is 14.7 Å². The van der Waals surface area contributed by atoms with Crippen molar-refractivity contribution < 1.29 is 4.74 Å². The van der Waals surface area contributed by atoms with E-state index in [2.05, 4.69) is 38.2 Å². The minimum Gasteiger partial charge on any atom is -0.380 e. The van der Waals surface area contributed by atoms with E-state index in [-0.39, 0.29) is 5.56 Å². The van der Waals surface area contributed by atoms with Gasteiger partial charge in [-0.1, -0.05) is 13.3 Å². The quantitative estimate of drug-likeness (QED) is 0.644. The van der Waals surface area contributed by atoms with Crippen LogP contribution in [0.2, 0.25) is 0 Å². The average Bonchev–Trinajstić information content (AvgIpc) is 2.45. The first-order valence-electron chi connectivity index (χ1n) is 7.28. The first-order chi connectivity index (χ1) is 10.1. The number of nitrogens with one attached hydrogen (secondary N) is 1. The summed E-state index contributed by atoms with van der Waals surface area (Å²) in [5.41, 5.74) is 0.617. The molecule has 0 radical (unpaired) electrons. The normalized spacial score (nSPS) is 11.1. The molecule has 0 atom stereocenters. The lowest BCUT2D eigenvalue weighted by Crippen LogP contribution is -2.25. The Labute approximate surface area is 134 Å². The van der Waals surface area contributed by atoms with Crippen LogP contribution in [0.5, 0.6) is 0 Å². The molecule has 21 heavy (non-hydrogen) atoms. The van der Waals surface area contributed by atoms with Crippen molar-refractivity contribution in [2.24, 2.45) is 0 Å². The fraction of sp³-hybridized carbons (Fsp3) is 0.714. The fourth-order valence-electron chi connectivity index (χ4n) is 1.66. The zero-order valence-corrected chi connectivity index (χ0v) is 14.6. The molecule has 1 heterocycles. The molecule has 0 unspecified atom stereocenters. The second kappa shape index (κ2) is 9.92. The number of likely N-dealkylation sites (N-methyl/N-ethyl adjacent to an activating group) is 1. The van der Waals surface area contributed by atoms with Gasteiger partial charge in [0.2, 0.25) is 0 Å². The summed E-state index contributed by atoms with van der Waals surface area (Å²) in [5.74, 6) is 0. The molecule has 0 aliphatic rings. The number of hydrogen-bond donors (Lipinski definition) is 1. The standard InChI is InChI=1S/C14H25BrN4O2/c1-4-5-7-19-14(20)13(15)12(11-17-19)16-6-9-21-10-8-18(2)3/h11,16H,4-10H2,1-3H3. The van der Waals surface area contributed by atoms with E-state index in [0.717, 1.165) is 19.4 Å². The molecule has 7 heteroatoms. The molecular weight excluding hydrogens is 336 g/mol. The molecule has 0 aromatic carbocycles. The van der Waals surface area contributed by atoms with Crippen molar-refractivity contribution >= 4 is 21.6 Å². The van der Waals surface area contributed by atoms with Gasteiger partial charge >= 0.3 is 0 Å². The Morgan fingerprint density at radius 1 is 1.43 bits per heavy atom. The van der Waals surface area contributed by atoms with Crippen LogP contribution in [0.1, 0.15) is 19.8 Å². The molecule has 0 spiro atoms. The van der Waals surface area contributed by atoms with Gasteiger partial charge in [-0.3, -0.25) is 4.79 Å². The molecule has 0 bridgehead atoms. The van der Waals surface area contributed by atoms with E-state index in [1.54, 1.807) is 6.20 Å². The van der Waals surface area contributed by atoms with Gasteiger partial charge in [-0.05, 0) is 36.4 Å². The monoisotopic (exact) mass is 360 g/mol. The Kier molecular flexibility index (Phi) is 8.56. The molecule has 120 valence electrons. The summed E-state index contributed by atoms with van der Waals surface area (Å²) in [6.07, 6.45) is 3.67. The Bertz CT molecular complexity index is 477. The Balaban J connectivity index is 2.42. The Morgan fingerprint density at radius 2 is 2.19 bits per heavy atom. The third-order valence-corrected chi connectivity index (χ3v) is 3.72. The predicted molar refractivity (Wildman–Crippen MR) is 89.0 cm³/mol. The summed E-state index contributed by atoms with van der Waals surface area (Å²) in [5, 5.41) is 7.34. The van der Waals surface area contributed by atoms with Crippen molar-refractivity contribution in [3.05, 3.63) is 21.0 Å². The topological polar surface area (TPSA) is 59.4 Å². The van der Waals surface area contributed by atoms with Gasteiger partial charge in [0.1, 0.15) is 4.47 Å². The molecule has 0 aliphatic heterocycles. The third kappa shape index (κ3) is 6.58. The molecule has 0 amide bonds. The van der Waals surface area contributed by atoms with Crippen LogP contribution in [-0.4, -0.2) is 55.1 Å². The molecular formula is C14H25BrN4O2. The summed E-state index contributed by atoms with van der Waals surface area (Å²) >= 11 is 3.34. The van der Waals surface area contributed by atoms with Gasteiger partial charge < -0.3 is 15.0 Å². The Morgan fingerprint density at radius 3 is 2.86 bits per heavy atom. The van der Waals surface area contributed by atoms with E-state index >= 15 is 0 Å². The van der Waals surface area contributed by atoms with Crippen molar-refractivity contribution in [3.8, 4) is 0 Å². The van der Waals surface area contributed by atoms with Gasteiger partial charge in [-0.2, -0.15) is 5.10 Å². The van der Waals surface area contributed by atoms with E-state index in [4.69, 9.17) is 4.74 Å². The highest BCUT2D eigenvalue weighted by molar-refractivity contribution is 9.10. The van der Waals surface area contributed by atoms with Crippen molar-refractivity contribution in [3.63, 3.8) is 0 Å². The van der Waals surface area contributed by atoms with Crippen LogP contribution < -0.4 is 10.9 Å². The molecule has 0 fully saturated rings. The van der Waals surface area contributed by atoms with Crippen LogP contribution >= 0.6 is 15.9 Å². The highest BCUT2D eigenvalue weighted by Crippen LogP contribution is 2.15. The number of rotatable bonds is 10. The van der Waals surface area contributed by atoms with Crippen LogP contribution in [0.4, 0.5) is 5.69 Å². The summed E-state index contributed by atoms with van der Waals surface area (Å²) in [6, 6.07) is 0. The molecule has 0 aliphatic carbocycles. The van der Waals surface area contributed by atoms with Crippen LogP contribution in [0.15, 0.2) is 15.5 Å². The molecule has 1 aromatic heterocycles. The van der Waals surface area contributed by atoms with Gasteiger partial charge in [0.05, 0.1) is 25.1 Å². The largest absolute Gasteiger partial charge is 0.380 e. The van der Waals surface area contributed by atoms with Crippen LogP contribution in [0.3, 0.4) is 0 Å². The highest BCUT2D eigenvalue weighted by atomic mass is 79.9. The lowest BCUT2D eigenvalue weighted by Gasteiger charge is -2.12. The van der Waals surface area contributed by atoms with Gasteiger partial charge in [0.15, 0.2) is 0 Å². The number of ether oxygens (including phenoxy) is 1. The third-order valence-electron chi connectivity index (χ3n) is 2.95. The second-order valence-electron chi connectivity index (χ2n) is 5.10. The lowest BCUT2D eigenvalue weighted by molar-refractivity contribution is 0.126. The molecule has 1 N–H and O–H groups in total. The van der Waals surface area contributed by atoms with E-state index in [1.165, 1.54) is 4.68 Å². The number of halogens is 1. The second-order valence-corrected chi connectivity index (χ2v) is 5.89. The maximum absolute atomic E-state index is 12.1. The zero-order chi connectivity index (χ0) is 15.7. The van der Waals surface area contributed by atoms with E-state index in [9.17, 15) is 4.79 Å². The number of unbranched alkanes of at least 4 members (excludes halogenated alkanes) is 1. The molecule has 0 saturated carbocycles. The molecule has 0 saturated heterocycles. The number of anilines is 1. The van der Waals surface area contributed by atoms with Gasteiger partial charge in [0.25, 0.3) is 5.56 Å². The molecule has 6 nitrogen and oxygen atoms in total. The number of aromatic nitrogens is 2. The van der Waals surface area contributed by atoms with Crippen LogP contribution in [0, 0.1) is 0 Å². The van der Waals surface area contributed by atoms with E-state index in [1.807, 2.05) is 14.1 Å². The first kappa shape index (κ1) is 18.1. The fourth-order valence-corrected chi connectivity index (χ4v) is 2.11. The smallest absolute Gasteiger partial charge is 0.283 e. The minimum absolute atomic E-state index is 0.0954. The van der Waals surface area contributed by atoms with Gasteiger partial charge in [-0.15, -0.1) is 0 Å².